The largest absolute Gasteiger partial charge is 0.497 e. The van der Waals surface area contributed by atoms with Crippen molar-refractivity contribution in [1.29, 1.82) is 0 Å². The van der Waals surface area contributed by atoms with Gasteiger partial charge >= 0.3 is 0 Å². The third-order valence-electron chi connectivity index (χ3n) is 5.22. The molecule has 0 aliphatic carbocycles. The zero-order valence-corrected chi connectivity index (χ0v) is 16.8. The fourth-order valence-corrected chi connectivity index (χ4v) is 3.58. The molecule has 29 heavy (non-hydrogen) atoms. The summed E-state index contributed by atoms with van der Waals surface area (Å²) in [4.78, 5) is 14.8. The van der Waals surface area contributed by atoms with E-state index in [0.717, 1.165) is 43.1 Å². The number of carbonyl (C=O) groups is 1. The molecule has 1 amide bonds. The van der Waals surface area contributed by atoms with Gasteiger partial charge < -0.3 is 24.3 Å². The topological polar surface area (TPSA) is 69.3 Å². The van der Waals surface area contributed by atoms with Crippen molar-refractivity contribution >= 4 is 5.91 Å². The fraction of sp³-hybridized carbons (Fsp3) is 0.409. The molecule has 7 heteroatoms. The average molecular weight is 398 g/mol. The van der Waals surface area contributed by atoms with Crippen LogP contribution in [0.2, 0.25) is 0 Å². The molecule has 2 aromatic carbocycles. The zero-order valence-electron chi connectivity index (χ0n) is 16.8. The van der Waals surface area contributed by atoms with Crippen molar-refractivity contribution < 1.29 is 23.7 Å². The third kappa shape index (κ3) is 4.40. The summed E-state index contributed by atoms with van der Waals surface area (Å²) in [6.07, 6.45) is 1.04. The molecule has 0 saturated carbocycles. The smallest absolute Gasteiger partial charge is 0.251 e. The average Bonchev–Trinajstić information content (AvgIpc) is 3.14. The maximum atomic E-state index is 12.5. The van der Waals surface area contributed by atoms with Crippen molar-refractivity contribution in [3.8, 4) is 23.0 Å². The highest BCUT2D eigenvalue weighted by Crippen LogP contribution is 2.32. The van der Waals surface area contributed by atoms with E-state index in [1.165, 1.54) is 0 Å². The molecule has 154 valence electrons. The Morgan fingerprint density at radius 3 is 2.83 bits per heavy atom. The van der Waals surface area contributed by atoms with Crippen LogP contribution in [0, 0.1) is 0 Å². The lowest BCUT2D eigenvalue weighted by Crippen LogP contribution is -2.38. The fourth-order valence-electron chi connectivity index (χ4n) is 3.58. The Bertz CT molecular complexity index is 886. The van der Waals surface area contributed by atoms with Gasteiger partial charge in [-0.15, -0.1) is 0 Å². The molecule has 0 bridgehead atoms. The lowest BCUT2D eigenvalue weighted by Gasteiger charge is -2.23. The van der Waals surface area contributed by atoms with E-state index in [2.05, 4.69) is 17.1 Å². The van der Waals surface area contributed by atoms with Gasteiger partial charge in [0.25, 0.3) is 5.91 Å². The molecular formula is C22H26N2O5. The standard InChI is InChI=1S/C22H26N2O5/c1-3-17-13-24(12-16-10-18(26-2)5-7-19(16)29-17)9-8-23-22(25)15-4-6-20-21(11-15)28-14-27-20/h4-7,10-11,17H,3,8-9,12-14H2,1-2H3,(H,23,25). The maximum Gasteiger partial charge on any atom is 0.251 e. The Hall–Kier alpha value is -2.93. The molecule has 1 unspecified atom stereocenters. The van der Waals surface area contributed by atoms with Gasteiger partial charge in [0.05, 0.1) is 7.11 Å². The van der Waals surface area contributed by atoms with E-state index in [0.29, 0.717) is 23.6 Å². The lowest BCUT2D eigenvalue weighted by molar-refractivity contribution is 0.0942. The molecule has 0 radical (unpaired) electrons. The molecule has 1 N–H and O–H groups in total. The number of hydrogen-bond donors (Lipinski definition) is 1. The van der Waals surface area contributed by atoms with Crippen LogP contribution in [0.1, 0.15) is 29.3 Å². The summed E-state index contributed by atoms with van der Waals surface area (Å²) < 4.78 is 22.2. The number of fused-ring (bicyclic) bond motifs is 2. The lowest BCUT2D eigenvalue weighted by atomic mass is 10.1. The van der Waals surface area contributed by atoms with Crippen molar-refractivity contribution in [3.63, 3.8) is 0 Å². The van der Waals surface area contributed by atoms with Gasteiger partial charge in [-0.3, -0.25) is 9.69 Å². The van der Waals surface area contributed by atoms with E-state index >= 15 is 0 Å². The molecule has 2 aliphatic rings. The zero-order chi connectivity index (χ0) is 20.2. The molecule has 7 nitrogen and oxygen atoms in total. The molecule has 2 aliphatic heterocycles. The number of hydrogen-bond acceptors (Lipinski definition) is 6. The van der Waals surface area contributed by atoms with Gasteiger partial charge in [0, 0.05) is 37.3 Å². The highest BCUT2D eigenvalue weighted by molar-refractivity contribution is 5.94. The van der Waals surface area contributed by atoms with E-state index in [-0.39, 0.29) is 18.8 Å². The normalized spacial score (nSPS) is 17.8. The Kier molecular flexibility index (Phi) is 5.76. The second-order valence-electron chi connectivity index (χ2n) is 7.18. The number of carbonyl (C=O) groups excluding carboxylic acids is 1. The highest BCUT2D eigenvalue weighted by atomic mass is 16.7. The molecule has 2 heterocycles. The molecular weight excluding hydrogens is 372 g/mol. The first-order valence-corrected chi connectivity index (χ1v) is 9.90. The van der Waals surface area contributed by atoms with Crippen LogP contribution < -0.4 is 24.3 Å². The van der Waals surface area contributed by atoms with Gasteiger partial charge in [-0.1, -0.05) is 6.92 Å². The van der Waals surface area contributed by atoms with Crippen LogP contribution in [-0.4, -0.2) is 50.4 Å². The molecule has 0 spiro atoms. The van der Waals surface area contributed by atoms with Crippen LogP contribution in [0.15, 0.2) is 36.4 Å². The second-order valence-corrected chi connectivity index (χ2v) is 7.18. The van der Waals surface area contributed by atoms with Crippen molar-refractivity contribution in [2.24, 2.45) is 0 Å². The number of nitrogens with one attached hydrogen (secondary N) is 1. The number of rotatable bonds is 6. The number of ether oxygens (including phenoxy) is 4. The summed E-state index contributed by atoms with van der Waals surface area (Å²) in [6.45, 7) is 5.16. The van der Waals surface area contributed by atoms with Crippen LogP contribution in [0.5, 0.6) is 23.0 Å². The number of amides is 1. The Labute approximate surface area is 170 Å². The first kappa shape index (κ1) is 19.4. The van der Waals surface area contributed by atoms with E-state index in [9.17, 15) is 4.79 Å². The van der Waals surface area contributed by atoms with E-state index in [1.54, 1.807) is 25.3 Å². The Morgan fingerprint density at radius 1 is 1.17 bits per heavy atom. The van der Waals surface area contributed by atoms with Gasteiger partial charge in [-0.25, -0.2) is 0 Å². The minimum atomic E-state index is -0.122. The Morgan fingerprint density at radius 2 is 2.00 bits per heavy atom. The van der Waals surface area contributed by atoms with Crippen molar-refractivity contribution in [1.82, 2.24) is 10.2 Å². The summed E-state index contributed by atoms with van der Waals surface area (Å²) in [7, 11) is 1.66. The second kappa shape index (κ2) is 8.61. The van der Waals surface area contributed by atoms with Crippen molar-refractivity contribution in [2.75, 3.05) is 33.5 Å². The van der Waals surface area contributed by atoms with Gasteiger partial charge in [0.2, 0.25) is 6.79 Å². The maximum absolute atomic E-state index is 12.5. The van der Waals surface area contributed by atoms with Crippen LogP contribution >= 0.6 is 0 Å². The summed E-state index contributed by atoms with van der Waals surface area (Å²) in [6, 6.07) is 11.1. The number of benzene rings is 2. The van der Waals surface area contributed by atoms with Gasteiger partial charge in [0.1, 0.15) is 17.6 Å². The molecule has 2 aromatic rings. The number of nitrogens with zero attached hydrogens (tertiary/aromatic N) is 1. The van der Waals surface area contributed by atoms with Crippen LogP contribution in [-0.2, 0) is 6.54 Å². The van der Waals surface area contributed by atoms with Crippen LogP contribution in [0.3, 0.4) is 0 Å². The SMILES string of the molecule is CCC1CN(CCNC(=O)c2ccc3c(c2)OCO3)Cc2cc(OC)ccc2O1. The first-order chi connectivity index (χ1) is 14.2. The summed E-state index contributed by atoms with van der Waals surface area (Å²) in [5.41, 5.74) is 1.66. The van der Waals surface area contributed by atoms with Crippen molar-refractivity contribution in [2.45, 2.75) is 26.0 Å². The predicted octanol–water partition coefficient (Wildman–Crippen LogP) is 2.83. The Balaban J connectivity index is 1.37. The third-order valence-corrected chi connectivity index (χ3v) is 5.22. The van der Waals surface area contributed by atoms with Crippen molar-refractivity contribution in [3.05, 3.63) is 47.5 Å². The first-order valence-electron chi connectivity index (χ1n) is 9.90. The van der Waals surface area contributed by atoms with E-state index < -0.39 is 0 Å². The van der Waals surface area contributed by atoms with Crippen LogP contribution in [0.4, 0.5) is 0 Å². The molecule has 4 rings (SSSR count). The molecule has 0 aromatic heterocycles. The quantitative estimate of drug-likeness (QED) is 0.807. The van der Waals surface area contributed by atoms with Crippen LogP contribution in [0.25, 0.3) is 0 Å². The summed E-state index contributed by atoms with van der Waals surface area (Å²) in [5, 5.41) is 2.99. The molecule has 0 fully saturated rings. The summed E-state index contributed by atoms with van der Waals surface area (Å²) >= 11 is 0. The monoisotopic (exact) mass is 398 g/mol. The minimum absolute atomic E-state index is 0.120. The summed E-state index contributed by atoms with van der Waals surface area (Å²) in [5.74, 6) is 2.89. The predicted molar refractivity (Wildman–Crippen MR) is 108 cm³/mol. The molecule has 0 saturated heterocycles. The van der Waals surface area contributed by atoms with Gasteiger partial charge in [-0.2, -0.15) is 0 Å². The highest BCUT2D eigenvalue weighted by Gasteiger charge is 2.22. The van der Waals surface area contributed by atoms with E-state index in [4.69, 9.17) is 18.9 Å². The van der Waals surface area contributed by atoms with Gasteiger partial charge in [-0.05, 0) is 42.8 Å². The van der Waals surface area contributed by atoms with Gasteiger partial charge in [0.15, 0.2) is 11.5 Å². The van der Waals surface area contributed by atoms with E-state index in [1.807, 2.05) is 18.2 Å². The minimum Gasteiger partial charge on any atom is -0.497 e. The molecule has 1 atom stereocenters. The number of methoxy groups -OCH3 is 1.